The Morgan fingerprint density at radius 3 is 2.75 bits per heavy atom. The number of rotatable bonds is 3. The number of aromatic nitrogens is 2. The van der Waals surface area contributed by atoms with Crippen LogP contribution < -0.4 is 4.72 Å². The molecule has 20 heavy (non-hydrogen) atoms. The van der Waals surface area contributed by atoms with Crippen molar-refractivity contribution in [3.63, 3.8) is 0 Å². The quantitative estimate of drug-likeness (QED) is 0.854. The topological polar surface area (TPSA) is 95.7 Å². The van der Waals surface area contributed by atoms with Crippen molar-refractivity contribution in [2.24, 2.45) is 0 Å². The molecule has 2 aromatic rings. The first-order valence-electron chi connectivity index (χ1n) is 5.45. The zero-order chi connectivity index (χ0) is 14.8. The third-order valence-electron chi connectivity index (χ3n) is 2.46. The fourth-order valence-electron chi connectivity index (χ4n) is 1.53. The summed E-state index contributed by atoms with van der Waals surface area (Å²) in [5, 5.41) is 8.92. The molecule has 6 nitrogen and oxygen atoms in total. The maximum Gasteiger partial charge on any atom is 0.264 e. The van der Waals surface area contributed by atoms with E-state index in [9.17, 15) is 8.42 Å². The Bertz CT molecular complexity index is 799. The highest BCUT2D eigenvalue weighted by atomic mass is 79.9. The van der Waals surface area contributed by atoms with Crippen LogP contribution >= 0.6 is 15.9 Å². The van der Waals surface area contributed by atoms with Gasteiger partial charge in [-0.2, -0.15) is 5.26 Å². The molecule has 0 spiro atoms. The summed E-state index contributed by atoms with van der Waals surface area (Å²) >= 11 is 3.20. The number of aryl methyl sites for hydroxylation is 1. The molecule has 0 aliphatic heterocycles. The van der Waals surface area contributed by atoms with Gasteiger partial charge >= 0.3 is 0 Å². The molecule has 0 radical (unpaired) electrons. The molecule has 1 N–H and O–H groups in total. The molecule has 0 fully saturated rings. The lowest BCUT2D eigenvalue weighted by Crippen LogP contribution is -2.16. The fraction of sp³-hybridized carbons (Fsp3) is 0.0833. The van der Waals surface area contributed by atoms with Crippen LogP contribution in [0.5, 0.6) is 0 Å². The Hall–Kier alpha value is -1.98. The second-order valence-corrected chi connectivity index (χ2v) is 6.30. The molecular weight excluding hydrogens is 344 g/mol. The highest BCUT2D eigenvalue weighted by Crippen LogP contribution is 2.21. The van der Waals surface area contributed by atoms with Gasteiger partial charge in [0.1, 0.15) is 15.6 Å². The number of halogens is 1. The van der Waals surface area contributed by atoms with Crippen LogP contribution in [-0.2, 0) is 10.0 Å². The average Bonchev–Trinajstić information content (AvgIpc) is 2.42. The van der Waals surface area contributed by atoms with Crippen LogP contribution in [0.15, 0.2) is 40.0 Å². The normalized spacial score (nSPS) is 10.8. The molecule has 0 aliphatic carbocycles. The van der Waals surface area contributed by atoms with Gasteiger partial charge < -0.3 is 0 Å². The number of sulfonamides is 1. The molecule has 0 amide bonds. The van der Waals surface area contributed by atoms with Crippen molar-refractivity contribution < 1.29 is 8.42 Å². The Balaban J connectivity index is 2.44. The van der Waals surface area contributed by atoms with E-state index in [-0.39, 0.29) is 10.6 Å². The average molecular weight is 353 g/mol. The largest absolute Gasteiger partial charge is 0.278 e. The maximum atomic E-state index is 12.3. The van der Waals surface area contributed by atoms with Crippen molar-refractivity contribution in [1.29, 1.82) is 5.26 Å². The minimum Gasteiger partial charge on any atom is -0.278 e. The molecule has 0 unspecified atom stereocenters. The summed E-state index contributed by atoms with van der Waals surface area (Å²) in [6, 6.07) is 7.76. The minimum absolute atomic E-state index is 0.150. The number of hydrogen-bond acceptors (Lipinski definition) is 5. The molecule has 2 aromatic heterocycles. The Morgan fingerprint density at radius 1 is 1.35 bits per heavy atom. The van der Waals surface area contributed by atoms with Crippen LogP contribution in [0.1, 0.15) is 11.4 Å². The predicted octanol–water partition coefficient (Wildman–Crippen LogP) is 2.22. The Morgan fingerprint density at radius 2 is 2.10 bits per heavy atom. The number of nitrogens with one attached hydrogen (secondary N) is 1. The number of nitriles is 1. The van der Waals surface area contributed by atoms with E-state index in [1.807, 2.05) is 0 Å². The second kappa shape index (κ2) is 5.56. The first-order chi connectivity index (χ1) is 9.44. The SMILES string of the molecule is Cc1nc(Br)ccc1NS(=O)(=O)c1cccnc1C#N. The van der Waals surface area contributed by atoms with E-state index >= 15 is 0 Å². The van der Waals surface area contributed by atoms with Crippen LogP contribution in [0.3, 0.4) is 0 Å². The second-order valence-electron chi connectivity index (χ2n) is 3.83. The predicted molar refractivity (Wildman–Crippen MR) is 76.4 cm³/mol. The van der Waals surface area contributed by atoms with Gasteiger partial charge in [-0.15, -0.1) is 0 Å². The Kier molecular flexibility index (Phi) is 4.01. The van der Waals surface area contributed by atoms with Gasteiger partial charge in [0.2, 0.25) is 0 Å². The summed E-state index contributed by atoms with van der Waals surface area (Å²) in [6.45, 7) is 1.68. The number of pyridine rings is 2. The van der Waals surface area contributed by atoms with Crippen molar-refractivity contribution in [2.45, 2.75) is 11.8 Å². The van der Waals surface area contributed by atoms with Gasteiger partial charge in [0.25, 0.3) is 10.0 Å². The van der Waals surface area contributed by atoms with Crippen molar-refractivity contribution in [2.75, 3.05) is 4.72 Å². The van der Waals surface area contributed by atoms with Crippen molar-refractivity contribution >= 4 is 31.6 Å². The van der Waals surface area contributed by atoms with E-state index in [2.05, 4.69) is 30.6 Å². The third-order valence-corrected chi connectivity index (χ3v) is 4.30. The van der Waals surface area contributed by atoms with E-state index in [1.165, 1.54) is 18.3 Å². The zero-order valence-corrected chi connectivity index (χ0v) is 12.7. The minimum atomic E-state index is -3.88. The highest BCUT2D eigenvalue weighted by Gasteiger charge is 2.20. The van der Waals surface area contributed by atoms with Gasteiger partial charge in [0.05, 0.1) is 11.4 Å². The lowest BCUT2D eigenvalue weighted by molar-refractivity contribution is 0.600. The van der Waals surface area contributed by atoms with Gasteiger partial charge in [-0.1, -0.05) is 0 Å². The van der Waals surface area contributed by atoms with Gasteiger partial charge in [0, 0.05) is 6.20 Å². The van der Waals surface area contributed by atoms with Crippen molar-refractivity contribution in [1.82, 2.24) is 9.97 Å². The van der Waals surface area contributed by atoms with E-state index < -0.39 is 10.0 Å². The smallest absolute Gasteiger partial charge is 0.264 e. The summed E-state index contributed by atoms with van der Waals surface area (Å²) in [4.78, 5) is 7.68. The summed E-state index contributed by atoms with van der Waals surface area (Å²) in [5.41, 5.74) is 0.717. The molecule has 8 heteroatoms. The molecule has 0 bridgehead atoms. The van der Waals surface area contributed by atoms with Crippen LogP contribution in [0.4, 0.5) is 5.69 Å². The maximum absolute atomic E-state index is 12.3. The first-order valence-corrected chi connectivity index (χ1v) is 7.73. The highest BCUT2D eigenvalue weighted by molar-refractivity contribution is 9.10. The number of hydrogen-bond donors (Lipinski definition) is 1. The van der Waals surface area contributed by atoms with Gasteiger partial charge in [0.15, 0.2) is 5.69 Å². The zero-order valence-electron chi connectivity index (χ0n) is 10.3. The molecule has 0 atom stereocenters. The van der Waals surface area contributed by atoms with Crippen molar-refractivity contribution in [3.8, 4) is 6.07 Å². The standard InChI is InChI=1S/C12H9BrN4O2S/c1-8-9(4-5-12(13)16-8)17-20(18,19)11-3-2-6-15-10(11)7-14/h2-6,17H,1H3. The monoisotopic (exact) mass is 352 g/mol. The summed E-state index contributed by atoms with van der Waals surface area (Å²) < 4.78 is 27.6. The lowest BCUT2D eigenvalue weighted by Gasteiger charge is -2.10. The lowest BCUT2D eigenvalue weighted by atomic mass is 10.3. The molecule has 2 heterocycles. The molecule has 102 valence electrons. The molecule has 2 rings (SSSR count). The molecule has 0 saturated carbocycles. The van der Waals surface area contributed by atoms with Gasteiger partial charge in [-0.05, 0) is 47.1 Å². The Labute approximate surface area is 124 Å². The fourth-order valence-corrected chi connectivity index (χ4v) is 3.15. The first kappa shape index (κ1) is 14.4. The van der Waals surface area contributed by atoms with E-state index in [0.717, 1.165) is 0 Å². The van der Waals surface area contributed by atoms with Gasteiger partial charge in [-0.25, -0.2) is 18.4 Å². The van der Waals surface area contributed by atoms with E-state index in [4.69, 9.17) is 5.26 Å². The van der Waals surface area contributed by atoms with Crippen LogP contribution in [-0.4, -0.2) is 18.4 Å². The number of anilines is 1. The van der Waals surface area contributed by atoms with E-state index in [1.54, 1.807) is 25.1 Å². The molecule has 0 aromatic carbocycles. The summed E-state index contributed by atoms with van der Waals surface area (Å²) in [7, 11) is -3.88. The number of nitrogens with zero attached hydrogens (tertiary/aromatic N) is 3. The molecule has 0 aliphatic rings. The molecular formula is C12H9BrN4O2S. The van der Waals surface area contributed by atoms with Crippen LogP contribution in [0.25, 0.3) is 0 Å². The van der Waals surface area contributed by atoms with Gasteiger partial charge in [-0.3, -0.25) is 4.72 Å². The summed E-state index contributed by atoms with van der Waals surface area (Å²) in [5.74, 6) is 0. The molecule has 0 saturated heterocycles. The van der Waals surface area contributed by atoms with Crippen LogP contribution in [0.2, 0.25) is 0 Å². The van der Waals surface area contributed by atoms with Crippen LogP contribution in [0, 0.1) is 18.3 Å². The van der Waals surface area contributed by atoms with E-state index in [0.29, 0.717) is 16.0 Å². The van der Waals surface area contributed by atoms with Crippen molar-refractivity contribution in [3.05, 3.63) is 46.5 Å². The summed E-state index contributed by atoms with van der Waals surface area (Å²) in [6.07, 6.45) is 1.37. The third kappa shape index (κ3) is 2.95.